The summed E-state index contributed by atoms with van der Waals surface area (Å²) in [5.74, 6) is -1.24. The van der Waals surface area contributed by atoms with Crippen molar-refractivity contribution in [1.82, 2.24) is 5.32 Å². The van der Waals surface area contributed by atoms with Gasteiger partial charge in [-0.3, -0.25) is 9.59 Å². The Morgan fingerprint density at radius 2 is 2.17 bits per heavy atom. The first-order chi connectivity index (χ1) is 8.61. The molecule has 5 nitrogen and oxygen atoms in total. The fraction of sp³-hybridized carbons (Fsp3) is 0.308. The Morgan fingerprint density at radius 3 is 2.78 bits per heavy atom. The molecule has 2 amide bonds. The molecule has 1 heterocycles. The van der Waals surface area contributed by atoms with Crippen molar-refractivity contribution >= 4 is 17.6 Å². The minimum Gasteiger partial charge on any atom is -0.330 e. The first kappa shape index (κ1) is 12.4. The molecule has 0 saturated carbocycles. The molecule has 2 rings (SSSR count). The molecule has 1 aliphatic heterocycles. The van der Waals surface area contributed by atoms with Crippen LogP contribution in [0.15, 0.2) is 29.3 Å². The van der Waals surface area contributed by atoms with Gasteiger partial charge in [-0.05, 0) is 19.0 Å². The zero-order valence-corrected chi connectivity index (χ0v) is 10.1. The monoisotopic (exact) mass is 245 g/mol. The molecule has 94 valence electrons. The van der Waals surface area contributed by atoms with Gasteiger partial charge in [-0.25, -0.2) is 0 Å². The number of hydrogen-bond acceptors (Lipinski definition) is 3. The summed E-state index contributed by atoms with van der Waals surface area (Å²) in [6, 6.07) is 7.33. The summed E-state index contributed by atoms with van der Waals surface area (Å²) in [4.78, 5) is 27.7. The average Bonchev–Trinajstić information content (AvgIpc) is 2.28. The molecule has 18 heavy (non-hydrogen) atoms. The van der Waals surface area contributed by atoms with E-state index in [-0.39, 0.29) is 5.91 Å². The van der Waals surface area contributed by atoms with Crippen LogP contribution in [0, 0.1) is 6.92 Å². The maximum atomic E-state index is 11.9. The van der Waals surface area contributed by atoms with Gasteiger partial charge in [-0.15, -0.1) is 0 Å². The van der Waals surface area contributed by atoms with Crippen LogP contribution in [0.4, 0.5) is 0 Å². The molecule has 1 aliphatic rings. The minimum atomic E-state index is -0.841. The third-order valence-corrected chi connectivity index (χ3v) is 2.78. The lowest BCUT2D eigenvalue weighted by Crippen LogP contribution is -2.43. The van der Waals surface area contributed by atoms with Crippen molar-refractivity contribution in [1.29, 1.82) is 0 Å². The lowest BCUT2D eigenvalue weighted by atomic mass is 9.95. The van der Waals surface area contributed by atoms with Gasteiger partial charge in [0, 0.05) is 6.42 Å². The van der Waals surface area contributed by atoms with E-state index in [1.807, 2.05) is 25.1 Å². The second-order valence-electron chi connectivity index (χ2n) is 4.27. The van der Waals surface area contributed by atoms with Crippen molar-refractivity contribution in [2.45, 2.75) is 19.3 Å². The average molecular weight is 245 g/mol. The number of nitrogens with one attached hydrogen (secondary N) is 1. The minimum absolute atomic E-state index is 0.330. The molecule has 3 N–H and O–H groups in total. The molecule has 1 aromatic rings. The van der Waals surface area contributed by atoms with Gasteiger partial charge in [0.25, 0.3) is 5.91 Å². The zero-order valence-electron chi connectivity index (χ0n) is 10.1. The number of amides is 2. The van der Waals surface area contributed by atoms with Gasteiger partial charge >= 0.3 is 0 Å². The molecule has 0 bridgehead atoms. The molecule has 0 aromatic heterocycles. The summed E-state index contributed by atoms with van der Waals surface area (Å²) in [7, 11) is 0. The molecule has 0 radical (unpaired) electrons. The number of aryl methyl sites for hydroxylation is 1. The molecule has 1 aromatic carbocycles. The Bertz CT molecular complexity index is 523. The van der Waals surface area contributed by atoms with Gasteiger partial charge in [0.2, 0.25) is 5.91 Å². The third-order valence-electron chi connectivity index (χ3n) is 2.78. The molecule has 5 heteroatoms. The van der Waals surface area contributed by atoms with Gasteiger partial charge in [-0.1, -0.05) is 29.8 Å². The van der Waals surface area contributed by atoms with Crippen LogP contribution in [-0.2, 0) is 9.59 Å². The second-order valence-corrected chi connectivity index (χ2v) is 4.27. The normalized spacial score (nSPS) is 19.4. The van der Waals surface area contributed by atoms with Crippen molar-refractivity contribution in [3.63, 3.8) is 0 Å². The van der Waals surface area contributed by atoms with E-state index in [2.05, 4.69) is 10.3 Å². The quantitative estimate of drug-likeness (QED) is 0.760. The zero-order chi connectivity index (χ0) is 13.1. The Kier molecular flexibility index (Phi) is 3.53. The maximum Gasteiger partial charge on any atom is 0.264 e. The summed E-state index contributed by atoms with van der Waals surface area (Å²) in [5.41, 5.74) is 7.05. The van der Waals surface area contributed by atoms with E-state index in [1.165, 1.54) is 0 Å². The van der Waals surface area contributed by atoms with Gasteiger partial charge in [0.15, 0.2) is 0 Å². The van der Waals surface area contributed by atoms with E-state index in [9.17, 15) is 9.59 Å². The second kappa shape index (κ2) is 5.10. The lowest BCUT2D eigenvalue weighted by molar-refractivity contribution is -0.129. The SMILES string of the molecule is Cc1cccc(C2C(=O)N=C(CCN)NC2=O)c1. The van der Waals surface area contributed by atoms with Crippen LogP contribution in [-0.4, -0.2) is 24.2 Å². The van der Waals surface area contributed by atoms with E-state index in [1.54, 1.807) is 6.07 Å². The number of nitrogens with two attached hydrogens (primary N) is 1. The number of benzene rings is 1. The third kappa shape index (κ3) is 2.46. The molecular formula is C13H15N3O2. The predicted molar refractivity (Wildman–Crippen MR) is 68.2 cm³/mol. The predicted octanol–water partition coefficient (Wildman–Crippen LogP) is 0.482. The molecule has 0 spiro atoms. The van der Waals surface area contributed by atoms with E-state index in [4.69, 9.17) is 5.73 Å². The number of carbonyl (C=O) groups is 2. The van der Waals surface area contributed by atoms with Crippen molar-refractivity contribution in [3.8, 4) is 0 Å². The highest BCUT2D eigenvalue weighted by atomic mass is 16.2. The van der Waals surface area contributed by atoms with Crippen molar-refractivity contribution in [3.05, 3.63) is 35.4 Å². The summed E-state index contributed by atoms with van der Waals surface area (Å²) < 4.78 is 0. The van der Waals surface area contributed by atoms with E-state index < -0.39 is 11.8 Å². The van der Waals surface area contributed by atoms with E-state index in [0.717, 1.165) is 5.56 Å². The van der Waals surface area contributed by atoms with Crippen molar-refractivity contribution in [2.75, 3.05) is 6.54 Å². The smallest absolute Gasteiger partial charge is 0.264 e. The van der Waals surface area contributed by atoms with Crippen LogP contribution < -0.4 is 11.1 Å². The first-order valence-electron chi connectivity index (χ1n) is 5.80. The van der Waals surface area contributed by atoms with Crippen molar-refractivity contribution < 1.29 is 9.59 Å². The summed E-state index contributed by atoms with van der Waals surface area (Å²) in [6.07, 6.45) is 0.401. The lowest BCUT2D eigenvalue weighted by Gasteiger charge is -2.20. The Hall–Kier alpha value is -2.01. The van der Waals surface area contributed by atoms with Gasteiger partial charge in [-0.2, -0.15) is 4.99 Å². The Labute approximate surface area is 105 Å². The number of carbonyl (C=O) groups excluding carboxylic acids is 2. The highest BCUT2D eigenvalue weighted by Gasteiger charge is 2.32. The molecule has 1 unspecified atom stereocenters. The maximum absolute atomic E-state index is 11.9. The van der Waals surface area contributed by atoms with Crippen LogP contribution in [0.1, 0.15) is 23.5 Å². The fourth-order valence-corrected chi connectivity index (χ4v) is 1.95. The fourth-order valence-electron chi connectivity index (χ4n) is 1.95. The largest absolute Gasteiger partial charge is 0.330 e. The van der Waals surface area contributed by atoms with E-state index >= 15 is 0 Å². The topological polar surface area (TPSA) is 84.6 Å². The molecule has 1 atom stereocenters. The summed E-state index contributed by atoms with van der Waals surface area (Å²) in [5, 5.41) is 2.63. The van der Waals surface area contributed by atoms with Crippen LogP contribution >= 0.6 is 0 Å². The Morgan fingerprint density at radius 1 is 1.39 bits per heavy atom. The number of rotatable bonds is 3. The Balaban J connectivity index is 2.30. The molecule has 0 aliphatic carbocycles. The van der Waals surface area contributed by atoms with E-state index in [0.29, 0.717) is 24.4 Å². The summed E-state index contributed by atoms with van der Waals surface area (Å²) >= 11 is 0. The van der Waals surface area contributed by atoms with Gasteiger partial charge in [0.1, 0.15) is 11.8 Å². The molecule has 0 saturated heterocycles. The highest BCUT2D eigenvalue weighted by Crippen LogP contribution is 2.21. The van der Waals surface area contributed by atoms with Crippen molar-refractivity contribution in [2.24, 2.45) is 10.7 Å². The number of aliphatic imine (C=N–C) groups is 1. The molecule has 0 fully saturated rings. The highest BCUT2D eigenvalue weighted by molar-refractivity contribution is 6.19. The first-order valence-corrected chi connectivity index (χ1v) is 5.80. The van der Waals surface area contributed by atoms with Crippen LogP contribution in [0.5, 0.6) is 0 Å². The number of nitrogens with zero attached hydrogens (tertiary/aromatic N) is 1. The van der Waals surface area contributed by atoms with Gasteiger partial charge < -0.3 is 11.1 Å². The van der Waals surface area contributed by atoms with Crippen LogP contribution in [0.3, 0.4) is 0 Å². The van der Waals surface area contributed by atoms with Gasteiger partial charge in [0.05, 0.1) is 0 Å². The van der Waals surface area contributed by atoms with Crippen LogP contribution in [0.2, 0.25) is 0 Å². The molecular weight excluding hydrogens is 230 g/mol. The standard InChI is InChI=1S/C13H15N3O2/c1-8-3-2-4-9(7-8)11-12(17)15-10(5-6-14)16-13(11)18/h2-4,7,11H,5-6,14H2,1H3,(H,15,16,17,18). The summed E-state index contributed by atoms with van der Waals surface area (Å²) in [6.45, 7) is 2.26. The van der Waals surface area contributed by atoms with Crippen LogP contribution in [0.25, 0.3) is 0 Å². The number of amidine groups is 1. The number of hydrogen-bond donors (Lipinski definition) is 2.